The second-order valence-electron chi connectivity index (χ2n) is 7.56. The Labute approximate surface area is 165 Å². The Balaban J connectivity index is 0.00000242. The maximum Gasteiger partial charge on any atom is 1.00 e. The zero-order valence-electron chi connectivity index (χ0n) is 14.8. The number of benzene rings is 2. The molecule has 2 rings (SSSR count). The van der Waals surface area contributed by atoms with Crippen LogP contribution in [0.5, 0.6) is 0 Å². The molecule has 2 aromatic carbocycles. The van der Waals surface area contributed by atoms with Gasteiger partial charge in [-0.05, 0) is 26.7 Å². The monoisotopic (exact) mass is 530 g/mol. The van der Waals surface area contributed by atoms with Crippen LogP contribution >= 0.6 is 7.92 Å². The Morgan fingerprint density at radius 1 is 0.652 bits per heavy atom. The molecule has 3 heteroatoms. The summed E-state index contributed by atoms with van der Waals surface area (Å²) in [6.45, 7) is 14.3. The van der Waals surface area contributed by atoms with Crippen LogP contribution in [0.25, 0.3) is 11.1 Å². The van der Waals surface area contributed by atoms with E-state index in [0.717, 1.165) is 0 Å². The standard InChI is InChI=1S/C20H27P.Au.ClH/c1-19(2,3)21(20(4,5)6)18-15-11-10-14-17(18)16-12-8-7-9-13-16;;/h7-15H,1-6H3;;1H/q;+1;/p-1. The largest absolute Gasteiger partial charge is 1.00 e. The molecule has 0 fully saturated rings. The first-order valence-corrected chi connectivity index (χ1v) is 9.00. The number of rotatable bonds is 2. The van der Waals surface area contributed by atoms with Crippen LogP contribution in [0.2, 0.25) is 0 Å². The predicted octanol–water partition coefficient (Wildman–Crippen LogP) is 3.06. The van der Waals surface area contributed by atoms with E-state index in [4.69, 9.17) is 0 Å². The molecule has 23 heavy (non-hydrogen) atoms. The maximum absolute atomic E-state index is 2.38. The second-order valence-corrected chi connectivity index (χ2v) is 11.4. The molecule has 0 nitrogen and oxygen atoms in total. The Morgan fingerprint density at radius 2 is 1.09 bits per heavy atom. The molecule has 0 saturated heterocycles. The van der Waals surface area contributed by atoms with Crippen molar-refractivity contribution in [3.05, 3.63) is 54.6 Å². The van der Waals surface area contributed by atoms with Gasteiger partial charge in [-0.3, -0.25) is 0 Å². The number of hydrogen-bond donors (Lipinski definition) is 0. The van der Waals surface area contributed by atoms with Gasteiger partial charge in [0.2, 0.25) is 0 Å². The summed E-state index contributed by atoms with van der Waals surface area (Å²) in [5, 5.41) is 2.11. The zero-order chi connectivity index (χ0) is 15.7. The summed E-state index contributed by atoms with van der Waals surface area (Å²) in [4.78, 5) is 0. The van der Waals surface area contributed by atoms with Gasteiger partial charge in [0.15, 0.2) is 0 Å². The van der Waals surface area contributed by atoms with Crippen LogP contribution in [0, 0.1) is 0 Å². The molecular formula is C20H27AuClP. The predicted molar refractivity (Wildman–Crippen MR) is 97.9 cm³/mol. The van der Waals surface area contributed by atoms with Crippen LogP contribution in [0.15, 0.2) is 54.6 Å². The van der Waals surface area contributed by atoms with Gasteiger partial charge in [-0.25, -0.2) is 0 Å². The van der Waals surface area contributed by atoms with Crippen molar-refractivity contribution in [2.75, 3.05) is 0 Å². The Morgan fingerprint density at radius 3 is 1.57 bits per heavy atom. The number of halogens is 1. The molecule has 0 N–H and O–H groups in total. The second kappa shape index (κ2) is 8.84. The summed E-state index contributed by atoms with van der Waals surface area (Å²) >= 11 is 0. The minimum absolute atomic E-state index is 0. The van der Waals surface area contributed by atoms with E-state index in [1.807, 2.05) is 0 Å². The summed E-state index contributed by atoms with van der Waals surface area (Å²) in [6, 6.07) is 19.7. The molecule has 0 aliphatic rings. The summed E-state index contributed by atoms with van der Waals surface area (Å²) in [6.07, 6.45) is 0. The van der Waals surface area contributed by atoms with E-state index < -0.39 is 0 Å². The van der Waals surface area contributed by atoms with Crippen LogP contribution in [-0.4, -0.2) is 10.3 Å². The average molecular weight is 531 g/mol. The molecule has 0 heterocycles. The van der Waals surface area contributed by atoms with Gasteiger partial charge in [0.1, 0.15) is 0 Å². The van der Waals surface area contributed by atoms with Crippen molar-refractivity contribution < 1.29 is 34.8 Å². The van der Waals surface area contributed by atoms with Crippen LogP contribution in [-0.2, 0) is 22.4 Å². The molecule has 0 atom stereocenters. The molecule has 0 radical (unpaired) electrons. The van der Waals surface area contributed by atoms with Gasteiger partial charge in [0.05, 0.1) is 0 Å². The molecule has 0 aliphatic carbocycles. The smallest absolute Gasteiger partial charge is 1.00 e. The summed E-state index contributed by atoms with van der Waals surface area (Å²) in [7, 11) is -0.282. The van der Waals surface area contributed by atoms with E-state index >= 15 is 0 Å². The SMILES string of the molecule is CC(C)(C)P(c1ccccc1-c1ccccc1)C(C)(C)C.[Au+].[Cl-]. The normalized spacial score (nSPS) is 11.6. The van der Waals surface area contributed by atoms with Gasteiger partial charge < -0.3 is 12.4 Å². The topological polar surface area (TPSA) is 0 Å². The van der Waals surface area contributed by atoms with Crippen molar-refractivity contribution in [2.45, 2.75) is 51.9 Å². The molecule has 130 valence electrons. The summed E-state index contributed by atoms with van der Waals surface area (Å²) in [5.74, 6) is 0. The first kappa shape index (κ1) is 22.9. The minimum Gasteiger partial charge on any atom is -1.00 e. The van der Waals surface area contributed by atoms with E-state index in [1.165, 1.54) is 16.4 Å². The molecule has 0 saturated carbocycles. The Hall–Kier alpha value is -0.0997. The number of hydrogen-bond acceptors (Lipinski definition) is 0. The van der Waals surface area contributed by atoms with Crippen molar-refractivity contribution in [1.82, 2.24) is 0 Å². The van der Waals surface area contributed by atoms with Crippen LogP contribution in [0.3, 0.4) is 0 Å². The molecule has 0 bridgehead atoms. The van der Waals surface area contributed by atoms with E-state index in [0.29, 0.717) is 10.3 Å². The van der Waals surface area contributed by atoms with Crippen molar-refractivity contribution in [1.29, 1.82) is 0 Å². The average Bonchev–Trinajstić information content (AvgIpc) is 2.37. The van der Waals surface area contributed by atoms with Gasteiger partial charge in [-0.2, -0.15) is 0 Å². The molecule has 2 aromatic rings. The van der Waals surface area contributed by atoms with E-state index in [9.17, 15) is 0 Å². The van der Waals surface area contributed by atoms with Crippen molar-refractivity contribution in [3.63, 3.8) is 0 Å². The molecule has 0 spiro atoms. The maximum atomic E-state index is 2.38. The first-order chi connectivity index (χ1) is 9.71. The Kier molecular flexibility index (Phi) is 8.80. The van der Waals surface area contributed by atoms with Crippen LogP contribution < -0.4 is 17.7 Å². The first-order valence-electron chi connectivity index (χ1n) is 7.66. The summed E-state index contributed by atoms with van der Waals surface area (Å²) in [5.41, 5.74) is 2.73. The van der Waals surface area contributed by atoms with E-state index in [1.54, 1.807) is 0 Å². The minimum atomic E-state index is -0.282. The Bertz CT molecular complexity index is 583. The van der Waals surface area contributed by atoms with Gasteiger partial charge in [0.25, 0.3) is 0 Å². The van der Waals surface area contributed by atoms with Crippen molar-refractivity contribution in [3.8, 4) is 11.1 Å². The van der Waals surface area contributed by atoms with Crippen LogP contribution in [0.4, 0.5) is 0 Å². The third kappa shape index (κ3) is 5.73. The zero-order valence-corrected chi connectivity index (χ0v) is 18.6. The fourth-order valence-corrected chi connectivity index (χ4v) is 7.40. The van der Waals surface area contributed by atoms with E-state index in [2.05, 4.69) is 96.1 Å². The fourth-order valence-electron chi connectivity index (χ4n) is 3.26. The van der Waals surface area contributed by atoms with Crippen molar-refractivity contribution >= 4 is 13.2 Å². The van der Waals surface area contributed by atoms with Gasteiger partial charge in [-0.1, -0.05) is 104 Å². The quantitative estimate of drug-likeness (QED) is 0.414. The van der Waals surface area contributed by atoms with Crippen LogP contribution in [0.1, 0.15) is 41.5 Å². The van der Waals surface area contributed by atoms with E-state index in [-0.39, 0.29) is 42.7 Å². The third-order valence-corrected chi connectivity index (χ3v) is 7.13. The van der Waals surface area contributed by atoms with Gasteiger partial charge in [0, 0.05) is 0 Å². The molecule has 0 unspecified atom stereocenters. The van der Waals surface area contributed by atoms with Gasteiger partial charge >= 0.3 is 22.4 Å². The third-order valence-electron chi connectivity index (χ3n) is 3.57. The van der Waals surface area contributed by atoms with Crippen molar-refractivity contribution in [2.24, 2.45) is 0 Å². The molecule has 0 aliphatic heterocycles. The molecular weight excluding hydrogens is 504 g/mol. The summed E-state index contributed by atoms with van der Waals surface area (Å²) < 4.78 is 0. The van der Waals surface area contributed by atoms with Gasteiger partial charge in [-0.15, -0.1) is 0 Å². The molecule has 0 amide bonds. The molecule has 0 aromatic heterocycles. The fraction of sp³-hybridized carbons (Fsp3) is 0.400.